The topological polar surface area (TPSA) is 117 Å². The lowest BCUT2D eigenvalue weighted by Gasteiger charge is -2.26. The first-order valence-electron chi connectivity index (χ1n) is 14.1. The molecule has 10 nitrogen and oxygen atoms in total. The van der Waals surface area contributed by atoms with Crippen LogP contribution in [0.3, 0.4) is 0 Å². The number of hydrogen-bond acceptors (Lipinski definition) is 7. The maximum Gasteiger partial charge on any atom is 0.416 e. The average molecular weight is 640 g/mol. The predicted molar refractivity (Wildman–Crippen MR) is 153 cm³/mol. The number of carbonyl (C=O) groups is 1. The molecule has 1 atom stereocenters. The Kier molecular flexibility index (Phi) is 9.30. The van der Waals surface area contributed by atoms with Gasteiger partial charge in [-0.3, -0.25) is 4.68 Å². The standard InChI is InChI=1S/C29H33F4N5O5S/c1-44(41,42)37-13-10-26-24(18-37)27(35-38(26)17-22(39)16-36-11-2-3-12-36)19-4-9-25(29(31,32)33)20(14-19)15-34-28(40)43-23-7-5-21(30)6-8-23/h4-9,14,22,39H,2-3,10-13,15-18H2,1H3,(H,34,40). The van der Waals surface area contributed by atoms with Crippen molar-refractivity contribution in [2.75, 3.05) is 32.4 Å². The van der Waals surface area contributed by atoms with Crippen molar-refractivity contribution in [3.05, 3.63) is 70.7 Å². The molecule has 3 heterocycles. The lowest BCUT2D eigenvalue weighted by atomic mass is 9.97. The van der Waals surface area contributed by atoms with Crippen LogP contribution in [0.15, 0.2) is 42.5 Å². The fraction of sp³-hybridized carbons (Fsp3) is 0.448. The molecule has 44 heavy (non-hydrogen) atoms. The van der Waals surface area contributed by atoms with Crippen LogP contribution in [0.2, 0.25) is 0 Å². The molecule has 238 valence electrons. The van der Waals surface area contributed by atoms with E-state index in [2.05, 4.69) is 15.3 Å². The van der Waals surface area contributed by atoms with Crippen LogP contribution in [0.1, 0.15) is 35.2 Å². The number of ether oxygens (including phenoxy) is 1. The molecular weight excluding hydrogens is 606 g/mol. The van der Waals surface area contributed by atoms with Gasteiger partial charge in [0, 0.05) is 49.4 Å². The fourth-order valence-electron chi connectivity index (χ4n) is 5.63. The van der Waals surface area contributed by atoms with Gasteiger partial charge >= 0.3 is 12.3 Å². The number of alkyl halides is 3. The first kappa shape index (κ1) is 31.9. The molecule has 2 aliphatic heterocycles. The zero-order valence-corrected chi connectivity index (χ0v) is 24.8. The largest absolute Gasteiger partial charge is 0.416 e. The molecule has 5 rings (SSSR count). The molecular formula is C29H33F4N5O5S. The number of rotatable bonds is 9. The molecule has 0 bridgehead atoms. The quantitative estimate of drug-likeness (QED) is 0.343. The van der Waals surface area contributed by atoms with Gasteiger partial charge in [0.15, 0.2) is 0 Å². The van der Waals surface area contributed by atoms with Crippen molar-refractivity contribution in [1.29, 1.82) is 0 Å². The minimum Gasteiger partial charge on any atom is -0.410 e. The number of amides is 1. The highest BCUT2D eigenvalue weighted by molar-refractivity contribution is 7.88. The van der Waals surface area contributed by atoms with E-state index in [1.165, 1.54) is 28.6 Å². The Balaban J connectivity index is 1.45. The van der Waals surface area contributed by atoms with Crippen molar-refractivity contribution in [3.8, 4) is 17.0 Å². The van der Waals surface area contributed by atoms with Gasteiger partial charge in [-0.15, -0.1) is 0 Å². The number of aliphatic hydroxyl groups is 1. The number of nitrogens with one attached hydrogen (secondary N) is 1. The van der Waals surface area contributed by atoms with E-state index < -0.39 is 46.3 Å². The minimum atomic E-state index is -4.73. The summed E-state index contributed by atoms with van der Waals surface area (Å²) in [6.45, 7) is 2.01. The van der Waals surface area contributed by atoms with E-state index in [0.717, 1.165) is 50.4 Å². The number of sulfonamides is 1. The van der Waals surface area contributed by atoms with Crippen molar-refractivity contribution in [1.82, 2.24) is 24.3 Å². The van der Waals surface area contributed by atoms with Crippen LogP contribution < -0.4 is 10.1 Å². The van der Waals surface area contributed by atoms with Crippen LogP contribution in [-0.4, -0.2) is 77.1 Å². The number of aliphatic hydroxyl groups excluding tert-OH is 1. The Morgan fingerprint density at radius 2 is 1.80 bits per heavy atom. The maximum atomic E-state index is 14.0. The molecule has 0 saturated carbocycles. The molecule has 0 spiro atoms. The molecule has 0 aliphatic carbocycles. The van der Waals surface area contributed by atoms with E-state index in [1.807, 2.05) is 0 Å². The van der Waals surface area contributed by atoms with Gasteiger partial charge in [-0.05, 0) is 67.9 Å². The zero-order valence-electron chi connectivity index (χ0n) is 24.0. The van der Waals surface area contributed by atoms with Crippen molar-refractivity contribution in [2.24, 2.45) is 0 Å². The van der Waals surface area contributed by atoms with Crippen LogP contribution in [0.4, 0.5) is 22.4 Å². The van der Waals surface area contributed by atoms with E-state index in [0.29, 0.717) is 35.5 Å². The van der Waals surface area contributed by atoms with Crippen LogP contribution in [-0.2, 0) is 42.3 Å². The summed E-state index contributed by atoms with van der Waals surface area (Å²) < 4.78 is 87.7. The normalized spacial score (nSPS) is 17.0. The number of carbonyl (C=O) groups excluding carboxylic acids is 1. The van der Waals surface area contributed by atoms with E-state index in [-0.39, 0.29) is 30.9 Å². The van der Waals surface area contributed by atoms with Gasteiger partial charge in [-0.25, -0.2) is 17.6 Å². The number of aromatic nitrogens is 2. The van der Waals surface area contributed by atoms with Gasteiger partial charge in [-0.2, -0.15) is 22.6 Å². The molecule has 2 aromatic carbocycles. The van der Waals surface area contributed by atoms with Crippen molar-refractivity contribution >= 4 is 16.1 Å². The second-order valence-corrected chi connectivity index (χ2v) is 13.0. The molecule has 1 unspecified atom stereocenters. The highest BCUT2D eigenvalue weighted by atomic mass is 32.2. The Labute approximate surface area is 252 Å². The third-order valence-corrected chi connectivity index (χ3v) is 9.00. The lowest BCUT2D eigenvalue weighted by Crippen LogP contribution is -2.37. The fourth-order valence-corrected chi connectivity index (χ4v) is 6.42. The first-order valence-corrected chi connectivity index (χ1v) is 16.0. The van der Waals surface area contributed by atoms with Gasteiger partial charge in [0.2, 0.25) is 10.0 Å². The molecule has 15 heteroatoms. The smallest absolute Gasteiger partial charge is 0.410 e. The number of hydrogen-bond donors (Lipinski definition) is 2. The Morgan fingerprint density at radius 1 is 1.09 bits per heavy atom. The Hall–Kier alpha value is -3.53. The number of β-amino-alcohol motifs (C(OH)–C–C–N with tert-alkyl or cyclic N) is 1. The summed E-state index contributed by atoms with van der Waals surface area (Å²) in [7, 11) is -3.57. The van der Waals surface area contributed by atoms with Crippen LogP contribution in [0.5, 0.6) is 5.75 Å². The van der Waals surface area contributed by atoms with E-state index in [4.69, 9.17) is 4.74 Å². The molecule has 1 amide bonds. The summed E-state index contributed by atoms with van der Waals surface area (Å²) in [4.78, 5) is 14.5. The summed E-state index contributed by atoms with van der Waals surface area (Å²) in [5.41, 5.74) is 0.605. The number of fused-ring (bicyclic) bond motifs is 1. The highest BCUT2D eigenvalue weighted by Gasteiger charge is 2.35. The second kappa shape index (κ2) is 12.8. The molecule has 2 N–H and O–H groups in total. The molecule has 1 aromatic heterocycles. The first-order chi connectivity index (χ1) is 20.8. The van der Waals surface area contributed by atoms with Crippen molar-refractivity contribution < 1.29 is 40.6 Å². The lowest BCUT2D eigenvalue weighted by molar-refractivity contribution is -0.138. The molecule has 2 aliphatic rings. The van der Waals surface area contributed by atoms with E-state index >= 15 is 0 Å². The van der Waals surface area contributed by atoms with Crippen LogP contribution in [0, 0.1) is 5.82 Å². The monoisotopic (exact) mass is 639 g/mol. The Bertz CT molecular complexity index is 1610. The molecule has 0 radical (unpaired) electrons. The predicted octanol–water partition coefficient (Wildman–Crippen LogP) is 3.77. The zero-order chi connectivity index (χ0) is 31.6. The van der Waals surface area contributed by atoms with Gasteiger partial charge in [0.05, 0.1) is 30.2 Å². The summed E-state index contributed by atoms with van der Waals surface area (Å²) in [6.07, 6.45) is -2.99. The SMILES string of the molecule is CS(=O)(=O)N1CCc2c(c(-c3ccc(C(F)(F)F)c(CNC(=O)Oc4ccc(F)cc4)c3)nn2CC(O)CN2CCCC2)C1. The number of likely N-dealkylation sites (tertiary alicyclic amines) is 1. The van der Waals surface area contributed by atoms with Gasteiger partial charge in [-0.1, -0.05) is 6.07 Å². The van der Waals surface area contributed by atoms with E-state index in [1.54, 1.807) is 4.68 Å². The summed E-state index contributed by atoms with van der Waals surface area (Å²) in [5.74, 6) is -0.539. The summed E-state index contributed by atoms with van der Waals surface area (Å²) in [5, 5.41) is 17.8. The van der Waals surface area contributed by atoms with Crippen LogP contribution >= 0.6 is 0 Å². The minimum absolute atomic E-state index is 0.00760. The van der Waals surface area contributed by atoms with Crippen molar-refractivity contribution in [3.63, 3.8) is 0 Å². The van der Waals surface area contributed by atoms with Gasteiger partial charge < -0.3 is 20.1 Å². The number of benzene rings is 2. The third kappa shape index (κ3) is 7.57. The third-order valence-electron chi connectivity index (χ3n) is 7.75. The molecule has 1 saturated heterocycles. The molecule has 1 fully saturated rings. The number of halogens is 4. The Morgan fingerprint density at radius 3 is 2.45 bits per heavy atom. The highest BCUT2D eigenvalue weighted by Crippen LogP contribution is 2.37. The van der Waals surface area contributed by atoms with Gasteiger partial charge in [0.25, 0.3) is 0 Å². The average Bonchev–Trinajstić information content (AvgIpc) is 3.59. The van der Waals surface area contributed by atoms with Crippen molar-refractivity contribution in [2.45, 2.75) is 51.2 Å². The number of nitrogens with zero attached hydrogens (tertiary/aromatic N) is 4. The van der Waals surface area contributed by atoms with Gasteiger partial charge in [0.1, 0.15) is 11.6 Å². The van der Waals surface area contributed by atoms with E-state index in [9.17, 15) is 35.9 Å². The maximum absolute atomic E-state index is 14.0. The molecule has 3 aromatic rings. The van der Waals surface area contributed by atoms with Crippen LogP contribution in [0.25, 0.3) is 11.3 Å². The second-order valence-electron chi connectivity index (χ2n) is 11.0. The summed E-state index contributed by atoms with van der Waals surface area (Å²) >= 11 is 0. The summed E-state index contributed by atoms with van der Waals surface area (Å²) in [6, 6.07) is 7.97.